The van der Waals surface area contributed by atoms with E-state index in [1.807, 2.05) is 12.1 Å². The SMILES string of the molecule is CC(c1ccncc1)N1CCC(O)(C(=O)N2CCN(Cc3ccc(F)c(F)c3)CC2)CC1. The number of nitrogens with zero attached hydrogens (tertiary/aromatic N) is 4. The molecule has 1 N–H and O–H groups in total. The van der Waals surface area contributed by atoms with Crippen molar-refractivity contribution in [2.75, 3.05) is 39.3 Å². The molecule has 1 aromatic heterocycles. The van der Waals surface area contributed by atoms with Crippen molar-refractivity contribution < 1.29 is 18.7 Å². The van der Waals surface area contributed by atoms with Crippen molar-refractivity contribution in [3.05, 3.63) is 65.5 Å². The summed E-state index contributed by atoms with van der Waals surface area (Å²) < 4.78 is 26.6. The number of carbonyl (C=O) groups is 1. The average Bonchev–Trinajstić information content (AvgIpc) is 2.82. The van der Waals surface area contributed by atoms with Crippen molar-refractivity contribution in [2.24, 2.45) is 0 Å². The molecule has 3 heterocycles. The number of hydrogen-bond donors (Lipinski definition) is 1. The first-order valence-electron chi connectivity index (χ1n) is 11.2. The van der Waals surface area contributed by atoms with E-state index >= 15 is 0 Å². The van der Waals surface area contributed by atoms with E-state index in [1.54, 1.807) is 23.4 Å². The lowest BCUT2D eigenvalue weighted by atomic mass is 9.88. The second kappa shape index (κ2) is 9.60. The maximum absolute atomic E-state index is 13.4. The van der Waals surface area contributed by atoms with E-state index in [0.717, 1.165) is 6.07 Å². The highest BCUT2D eigenvalue weighted by Crippen LogP contribution is 2.30. The van der Waals surface area contributed by atoms with Gasteiger partial charge in [-0.3, -0.25) is 19.6 Å². The quantitative estimate of drug-likeness (QED) is 0.768. The fraction of sp³-hybridized carbons (Fsp3) is 0.500. The molecular weight excluding hydrogens is 414 g/mol. The summed E-state index contributed by atoms with van der Waals surface area (Å²) in [6.07, 6.45) is 4.39. The number of hydrogen-bond acceptors (Lipinski definition) is 5. The highest BCUT2D eigenvalue weighted by molar-refractivity contribution is 5.85. The molecule has 8 heteroatoms. The first-order chi connectivity index (χ1) is 15.4. The number of rotatable bonds is 5. The summed E-state index contributed by atoms with van der Waals surface area (Å²) in [5, 5.41) is 11.1. The summed E-state index contributed by atoms with van der Waals surface area (Å²) in [5.74, 6) is -1.89. The summed E-state index contributed by atoms with van der Waals surface area (Å²) >= 11 is 0. The summed E-state index contributed by atoms with van der Waals surface area (Å²) in [5.41, 5.74) is 0.559. The van der Waals surface area contributed by atoms with Gasteiger partial charge in [-0.15, -0.1) is 0 Å². The monoisotopic (exact) mass is 444 g/mol. The van der Waals surface area contributed by atoms with E-state index in [0.29, 0.717) is 64.2 Å². The first kappa shape index (κ1) is 22.8. The third-order valence-corrected chi connectivity index (χ3v) is 6.81. The van der Waals surface area contributed by atoms with Gasteiger partial charge >= 0.3 is 0 Å². The minimum Gasteiger partial charge on any atom is -0.380 e. The van der Waals surface area contributed by atoms with Gasteiger partial charge in [-0.1, -0.05) is 6.07 Å². The fourth-order valence-corrected chi connectivity index (χ4v) is 4.65. The van der Waals surface area contributed by atoms with E-state index in [1.165, 1.54) is 11.6 Å². The molecule has 0 saturated carbocycles. The number of piperidine rings is 1. The van der Waals surface area contributed by atoms with Crippen LogP contribution in [0, 0.1) is 11.6 Å². The Bertz CT molecular complexity index is 927. The van der Waals surface area contributed by atoms with E-state index in [4.69, 9.17) is 0 Å². The average molecular weight is 445 g/mol. The zero-order valence-corrected chi connectivity index (χ0v) is 18.4. The molecule has 0 bridgehead atoms. The van der Waals surface area contributed by atoms with Gasteiger partial charge in [-0.2, -0.15) is 0 Å². The van der Waals surface area contributed by atoms with Crippen LogP contribution in [0.5, 0.6) is 0 Å². The van der Waals surface area contributed by atoms with Gasteiger partial charge in [0.05, 0.1) is 0 Å². The number of likely N-dealkylation sites (tertiary alicyclic amines) is 1. The molecule has 172 valence electrons. The normalized spacial score (nSPS) is 20.8. The van der Waals surface area contributed by atoms with Gasteiger partial charge in [0.25, 0.3) is 5.91 Å². The Morgan fingerprint density at radius 1 is 1.03 bits per heavy atom. The minimum absolute atomic E-state index is 0.193. The van der Waals surface area contributed by atoms with Gasteiger partial charge in [-0.25, -0.2) is 8.78 Å². The minimum atomic E-state index is -1.32. The Labute approximate surface area is 187 Å². The molecule has 2 aliphatic rings. The van der Waals surface area contributed by atoms with Crippen LogP contribution in [0.2, 0.25) is 0 Å². The number of halogens is 2. The number of aromatic nitrogens is 1. The standard InChI is InChI=1S/C24H30F2N4O2/c1-18(20-4-8-27-9-5-20)29-10-6-24(32,7-11-29)23(31)30-14-12-28(13-15-30)17-19-2-3-21(25)22(26)16-19/h2-5,8-9,16,18,32H,6-7,10-15,17H2,1H3. The molecule has 0 spiro atoms. The third kappa shape index (κ3) is 4.98. The van der Waals surface area contributed by atoms with Gasteiger partial charge in [0.15, 0.2) is 11.6 Å². The fourth-order valence-electron chi connectivity index (χ4n) is 4.65. The molecule has 1 atom stereocenters. The Balaban J connectivity index is 1.28. The van der Waals surface area contributed by atoms with Gasteiger partial charge < -0.3 is 10.0 Å². The van der Waals surface area contributed by atoms with E-state index < -0.39 is 17.2 Å². The second-order valence-electron chi connectivity index (χ2n) is 8.84. The molecule has 2 aromatic rings. The number of carbonyl (C=O) groups excluding carboxylic acids is 1. The molecule has 1 unspecified atom stereocenters. The summed E-state index contributed by atoms with van der Waals surface area (Å²) in [6.45, 7) is 6.24. The van der Waals surface area contributed by atoms with Crippen LogP contribution in [-0.2, 0) is 11.3 Å². The van der Waals surface area contributed by atoms with Crippen LogP contribution in [0.3, 0.4) is 0 Å². The third-order valence-electron chi connectivity index (χ3n) is 6.81. The van der Waals surface area contributed by atoms with Gasteiger partial charge in [-0.05, 0) is 55.2 Å². The maximum Gasteiger partial charge on any atom is 0.254 e. The summed E-state index contributed by atoms with van der Waals surface area (Å²) in [7, 11) is 0. The van der Waals surface area contributed by atoms with Gasteiger partial charge in [0.1, 0.15) is 5.60 Å². The number of aliphatic hydroxyl groups is 1. The lowest BCUT2D eigenvalue weighted by molar-refractivity contribution is -0.158. The maximum atomic E-state index is 13.4. The van der Waals surface area contributed by atoms with Crippen LogP contribution in [-0.4, -0.2) is 75.6 Å². The van der Waals surface area contributed by atoms with Crippen molar-refractivity contribution in [1.29, 1.82) is 0 Å². The highest BCUT2D eigenvalue weighted by Gasteiger charge is 2.43. The number of amides is 1. The molecule has 1 aromatic carbocycles. The zero-order chi connectivity index (χ0) is 22.7. The van der Waals surface area contributed by atoms with Crippen molar-refractivity contribution in [3.63, 3.8) is 0 Å². The van der Waals surface area contributed by atoms with Crippen molar-refractivity contribution >= 4 is 5.91 Å². The molecule has 2 saturated heterocycles. The molecule has 6 nitrogen and oxygen atoms in total. The first-order valence-corrected chi connectivity index (χ1v) is 11.2. The van der Waals surface area contributed by atoms with Gasteiger partial charge in [0, 0.05) is 64.2 Å². The van der Waals surface area contributed by atoms with Crippen LogP contribution in [0.15, 0.2) is 42.7 Å². The molecule has 2 fully saturated rings. The second-order valence-corrected chi connectivity index (χ2v) is 8.84. The number of benzene rings is 1. The molecular formula is C24H30F2N4O2. The topological polar surface area (TPSA) is 59.9 Å². The van der Waals surface area contributed by atoms with E-state index in [9.17, 15) is 18.7 Å². The smallest absolute Gasteiger partial charge is 0.254 e. The molecule has 0 radical (unpaired) electrons. The Kier molecular flexibility index (Phi) is 6.83. The summed E-state index contributed by atoms with van der Waals surface area (Å²) in [4.78, 5) is 23.3. The molecule has 1 amide bonds. The molecule has 0 aliphatic carbocycles. The molecule has 4 rings (SSSR count). The Hall–Kier alpha value is -2.42. The molecule has 2 aliphatic heterocycles. The Morgan fingerprint density at radius 2 is 1.69 bits per heavy atom. The predicted octanol–water partition coefficient (Wildman–Crippen LogP) is 2.59. The largest absolute Gasteiger partial charge is 0.380 e. The predicted molar refractivity (Wildman–Crippen MR) is 117 cm³/mol. The molecule has 32 heavy (non-hydrogen) atoms. The van der Waals surface area contributed by atoms with Crippen LogP contribution in [0.25, 0.3) is 0 Å². The van der Waals surface area contributed by atoms with Crippen LogP contribution in [0.4, 0.5) is 8.78 Å². The van der Waals surface area contributed by atoms with Gasteiger partial charge in [0.2, 0.25) is 0 Å². The van der Waals surface area contributed by atoms with Crippen molar-refractivity contribution in [1.82, 2.24) is 19.7 Å². The van der Waals surface area contributed by atoms with Crippen LogP contribution >= 0.6 is 0 Å². The number of pyridine rings is 1. The Morgan fingerprint density at radius 3 is 2.31 bits per heavy atom. The summed E-state index contributed by atoms with van der Waals surface area (Å²) in [6, 6.07) is 8.14. The van der Waals surface area contributed by atoms with E-state index in [-0.39, 0.29) is 11.9 Å². The lowest BCUT2D eigenvalue weighted by Crippen LogP contribution is -2.58. The zero-order valence-electron chi connectivity index (χ0n) is 18.4. The lowest BCUT2D eigenvalue weighted by Gasteiger charge is -2.43. The van der Waals surface area contributed by atoms with E-state index in [2.05, 4.69) is 21.7 Å². The van der Waals surface area contributed by atoms with Crippen LogP contribution in [0.1, 0.15) is 36.9 Å². The number of piperazine rings is 1. The highest BCUT2D eigenvalue weighted by atomic mass is 19.2. The van der Waals surface area contributed by atoms with Crippen LogP contribution < -0.4 is 0 Å². The van der Waals surface area contributed by atoms with Crippen molar-refractivity contribution in [3.8, 4) is 0 Å². The van der Waals surface area contributed by atoms with Crippen molar-refractivity contribution in [2.45, 2.75) is 38.0 Å².